The number of rotatable bonds is 3. The molecule has 0 aromatic heterocycles. The SMILES string of the molecule is CC(C)(C)CCNC1CCCC(C(F)(F)F)C1. The molecular formula is C13H24F3N. The maximum absolute atomic E-state index is 12.6. The van der Waals surface area contributed by atoms with E-state index in [0.717, 1.165) is 19.4 Å². The zero-order valence-corrected chi connectivity index (χ0v) is 11.0. The third-order valence-electron chi connectivity index (χ3n) is 3.45. The molecule has 0 aromatic rings. The Morgan fingerprint density at radius 3 is 2.29 bits per heavy atom. The van der Waals surface area contributed by atoms with Gasteiger partial charge < -0.3 is 5.32 Å². The van der Waals surface area contributed by atoms with Crippen LogP contribution in [0.15, 0.2) is 0 Å². The summed E-state index contributed by atoms with van der Waals surface area (Å²) in [6.45, 7) is 7.26. The molecule has 1 saturated carbocycles. The molecule has 1 rings (SSSR count). The number of halogens is 3. The first-order chi connectivity index (χ1) is 7.68. The van der Waals surface area contributed by atoms with Crippen molar-refractivity contribution < 1.29 is 13.2 Å². The molecule has 1 N–H and O–H groups in total. The molecular weight excluding hydrogens is 227 g/mol. The van der Waals surface area contributed by atoms with Crippen molar-refractivity contribution >= 4 is 0 Å². The first-order valence-electron chi connectivity index (χ1n) is 6.48. The molecule has 0 amide bonds. The second kappa shape index (κ2) is 5.59. The highest BCUT2D eigenvalue weighted by molar-refractivity contribution is 4.82. The third kappa shape index (κ3) is 5.75. The van der Waals surface area contributed by atoms with Crippen LogP contribution in [-0.4, -0.2) is 18.8 Å². The highest BCUT2D eigenvalue weighted by Gasteiger charge is 2.41. The molecule has 0 aromatic carbocycles. The Hall–Kier alpha value is -0.250. The van der Waals surface area contributed by atoms with Crippen LogP contribution in [0.5, 0.6) is 0 Å². The first-order valence-corrected chi connectivity index (χ1v) is 6.48. The van der Waals surface area contributed by atoms with Crippen molar-refractivity contribution in [2.75, 3.05) is 6.54 Å². The molecule has 17 heavy (non-hydrogen) atoms. The van der Waals surface area contributed by atoms with Gasteiger partial charge in [0.2, 0.25) is 0 Å². The summed E-state index contributed by atoms with van der Waals surface area (Å²) in [6.07, 6.45) is -0.868. The quantitative estimate of drug-likeness (QED) is 0.795. The Kier molecular flexibility index (Phi) is 4.87. The van der Waals surface area contributed by atoms with Gasteiger partial charge in [0.1, 0.15) is 0 Å². The minimum absolute atomic E-state index is 0.0534. The van der Waals surface area contributed by atoms with Crippen LogP contribution in [0.25, 0.3) is 0 Å². The summed E-state index contributed by atoms with van der Waals surface area (Å²) in [5, 5.41) is 3.28. The number of alkyl halides is 3. The maximum atomic E-state index is 12.6. The van der Waals surface area contributed by atoms with Crippen LogP contribution < -0.4 is 5.32 Å². The molecule has 0 bridgehead atoms. The molecule has 1 aliphatic carbocycles. The van der Waals surface area contributed by atoms with Gasteiger partial charge in [-0.05, 0) is 37.6 Å². The Bertz CT molecular complexity index is 230. The zero-order valence-electron chi connectivity index (χ0n) is 11.0. The predicted molar refractivity (Wildman–Crippen MR) is 63.9 cm³/mol. The van der Waals surface area contributed by atoms with Crippen molar-refractivity contribution in [2.45, 2.75) is 65.1 Å². The van der Waals surface area contributed by atoms with E-state index in [1.54, 1.807) is 0 Å². The van der Waals surface area contributed by atoms with Crippen molar-refractivity contribution in [1.82, 2.24) is 5.32 Å². The summed E-state index contributed by atoms with van der Waals surface area (Å²) in [6, 6.07) is 0.0534. The Morgan fingerprint density at radius 1 is 1.12 bits per heavy atom. The second-order valence-electron chi connectivity index (χ2n) is 6.37. The van der Waals surface area contributed by atoms with E-state index in [-0.39, 0.29) is 17.9 Å². The average molecular weight is 251 g/mol. The van der Waals surface area contributed by atoms with Crippen LogP contribution in [0.3, 0.4) is 0 Å². The van der Waals surface area contributed by atoms with Gasteiger partial charge in [0.25, 0.3) is 0 Å². The van der Waals surface area contributed by atoms with E-state index in [9.17, 15) is 13.2 Å². The molecule has 1 nitrogen and oxygen atoms in total. The van der Waals surface area contributed by atoms with Gasteiger partial charge in [-0.15, -0.1) is 0 Å². The van der Waals surface area contributed by atoms with Crippen molar-refractivity contribution in [1.29, 1.82) is 0 Å². The first kappa shape index (κ1) is 14.8. The van der Waals surface area contributed by atoms with Gasteiger partial charge in [-0.1, -0.05) is 27.2 Å². The van der Waals surface area contributed by atoms with E-state index in [2.05, 4.69) is 26.1 Å². The molecule has 2 unspecified atom stereocenters. The largest absolute Gasteiger partial charge is 0.391 e. The van der Waals surface area contributed by atoms with E-state index in [1.807, 2.05) is 0 Å². The predicted octanol–water partition coefficient (Wildman–Crippen LogP) is 4.13. The van der Waals surface area contributed by atoms with Gasteiger partial charge >= 0.3 is 6.18 Å². The third-order valence-corrected chi connectivity index (χ3v) is 3.45. The topological polar surface area (TPSA) is 12.0 Å². The van der Waals surface area contributed by atoms with E-state index in [0.29, 0.717) is 12.8 Å². The molecule has 1 fully saturated rings. The van der Waals surface area contributed by atoms with E-state index < -0.39 is 12.1 Å². The normalized spacial score (nSPS) is 27.2. The lowest BCUT2D eigenvalue weighted by Gasteiger charge is -2.31. The molecule has 0 aliphatic heterocycles. The van der Waals surface area contributed by atoms with Gasteiger partial charge in [0, 0.05) is 6.04 Å². The van der Waals surface area contributed by atoms with E-state index in [1.165, 1.54) is 0 Å². The van der Waals surface area contributed by atoms with Crippen molar-refractivity contribution in [3.8, 4) is 0 Å². The fourth-order valence-corrected chi connectivity index (χ4v) is 2.32. The lowest BCUT2D eigenvalue weighted by Crippen LogP contribution is -2.39. The zero-order chi connectivity index (χ0) is 13.1. The minimum atomic E-state index is -4.01. The van der Waals surface area contributed by atoms with Crippen LogP contribution in [0.1, 0.15) is 52.9 Å². The molecule has 2 atom stereocenters. The smallest absolute Gasteiger partial charge is 0.314 e. The number of hydrogen-bond acceptors (Lipinski definition) is 1. The molecule has 1 aliphatic rings. The summed E-state index contributed by atoms with van der Waals surface area (Å²) >= 11 is 0. The van der Waals surface area contributed by atoms with Gasteiger partial charge in [-0.3, -0.25) is 0 Å². The molecule has 0 saturated heterocycles. The van der Waals surface area contributed by atoms with Crippen molar-refractivity contribution in [3.63, 3.8) is 0 Å². The van der Waals surface area contributed by atoms with Crippen LogP contribution in [-0.2, 0) is 0 Å². The fourth-order valence-electron chi connectivity index (χ4n) is 2.32. The molecule has 102 valence electrons. The molecule has 0 radical (unpaired) electrons. The standard InChI is InChI=1S/C13H24F3N/c1-12(2,3)7-8-17-11-6-4-5-10(9-11)13(14,15)16/h10-11,17H,4-9H2,1-3H3. The minimum Gasteiger partial charge on any atom is -0.314 e. The summed E-state index contributed by atoms with van der Waals surface area (Å²) in [7, 11) is 0. The number of nitrogens with one attached hydrogen (secondary N) is 1. The Morgan fingerprint density at radius 2 is 1.76 bits per heavy atom. The van der Waals surface area contributed by atoms with Gasteiger partial charge in [-0.25, -0.2) is 0 Å². The summed E-state index contributed by atoms with van der Waals surface area (Å²) in [5.41, 5.74) is 0.241. The summed E-state index contributed by atoms with van der Waals surface area (Å²) in [5.74, 6) is -1.09. The second-order valence-corrected chi connectivity index (χ2v) is 6.37. The number of hydrogen-bond donors (Lipinski definition) is 1. The van der Waals surface area contributed by atoms with E-state index in [4.69, 9.17) is 0 Å². The molecule has 0 heterocycles. The van der Waals surface area contributed by atoms with Crippen LogP contribution in [0.2, 0.25) is 0 Å². The maximum Gasteiger partial charge on any atom is 0.391 e. The van der Waals surface area contributed by atoms with Crippen molar-refractivity contribution in [3.05, 3.63) is 0 Å². The van der Waals surface area contributed by atoms with Crippen molar-refractivity contribution in [2.24, 2.45) is 11.3 Å². The highest BCUT2D eigenvalue weighted by Crippen LogP contribution is 2.37. The van der Waals surface area contributed by atoms with Gasteiger partial charge in [0.15, 0.2) is 0 Å². The van der Waals surface area contributed by atoms with Crippen LogP contribution in [0, 0.1) is 11.3 Å². The summed E-state index contributed by atoms with van der Waals surface area (Å²) in [4.78, 5) is 0. The average Bonchev–Trinajstić information content (AvgIpc) is 2.15. The summed E-state index contributed by atoms with van der Waals surface area (Å²) < 4.78 is 37.8. The lowest BCUT2D eigenvalue weighted by atomic mass is 9.85. The van der Waals surface area contributed by atoms with E-state index >= 15 is 0 Å². The van der Waals surface area contributed by atoms with Crippen LogP contribution in [0.4, 0.5) is 13.2 Å². The van der Waals surface area contributed by atoms with Gasteiger partial charge in [0.05, 0.1) is 5.92 Å². The monoisotopic (exact) mass is 251 g/mol. The van der Waals surface area contributed by atoms with Gasteiger partial charge in [-0.2, -0.15) is 13.2 Å². The van der Waals surface area contributed by atoms with Crippen LogP contribution >= 0.6 is 0 Å². The highest BCUT2D eigenvalue weighted by atomic mass is 19.4. The Balaban J connectivity index is 2.30. The Labute approximate surface area is 102 Å². The molecule has 0 spiro atoms. The fraction of sp³-hybridized carbons (Fsp3) is 1.00. The molecule has 4 heteroatoms. The lowest BCUT2D eigenvalue weighted by molar-refractivity contribution is -0.183.